The Hall–Kier alpha value is -1.02. The van der Waals surface area contributed by atoms with Crippen molar-refractivity contribution in [1.29, 1.82) is 0 Å². The van der Waals surface area contributed by atoms with Crippen LogP contribution in [0.2, 0.25) is 10.0 Å². The molecule has 0 aliphatic heterocycles. The van der Waals surface area contributed by atoms with Crippen LogP contribution in [-0.2, 0) is 6.42 Å². The zero-order valence-electron chi connectivity index (χ0n) is 12.5. The molecule has 21 heavy (non-hydrogen) atoms. The number of hydrogen-bond donors (Lipinski definition) is 1. The van der Waals surface area contributed by atoms with Gasteiger partial charge in [-0.2, -0.15) is 0 Å². The van der Waals surface area contributed by atoms with Gasteiger partial charge in [-0.25, -0.2) is 0 Å². The van der Waals surface area contributed by atoms with Gasteiger partial charge in [0.1, 0.15) is 0 Å². The molecule has 0 aliphatic rings. The first-order valence-electron chi connectivity index (χ1n) is 7.34. The van der Waals surface area contributed by atoms with E-state index in [1.54, 1.807) is 0 Å². The summed E-state index contributed by atoms with van der Waals surface area (Å²) in [7, 11) is 0. The van der Waals surface area contributed by atoms with E-state index < -0.39 is 0 Å². The molecule has 1 N–H and O–H groups in total. The zero-order chi connectivity index (χ0) is 15.2. The molecule has 0 saturated heterocycles. The molecule has 2 aromatic rings. The first-order chi connectivity index (χ1) is 10.1. The SMILES string of the molecule is CCCNC(Cc1ccc(Cl)cc1Cl)c1cccc(C)c1. The third-order valence-corrected chi connectivity index (χ3v) is 4.11. The Bertz CT molecular complexity index is 596. The van der Waals surface area contributed by atoms with Crippen molar-refractivity contribution in [2.75, 3.05) is 6.54 Å². The highest BCUT2D eigenvalue weighted by molar-refractivity contribution is 6.35. The number of halogens is 2. The monoisotopic (exact) mass is 321 g/mol. The van der Waals surface area contributed by atoms with E-state index in [9.17, 15) is 0 Å². The van der Waals surface area contributed by atoms with Crippen molar-refractivity contribution < 1.29 is 0 Å². The quantitative estimate of drug-likeness (QED) is 0.731. The molecule has 1 nitrogen and oxygen atoms in total. The second-order valence-electron chi connectivity index (χ2n) is 5.36. The first-order valence-corrected chi connectivity index (χ1v) is 8.09. The smallest absolute Gasteiger partial charge is 0.0453 e. The third kappa shape index (κ3) is 4.74. The largest absolute Gasteiger partial charge is 0.310 e. The second kappa shape index (κ2) is 7.84. The molecule has 0 spiro atoms. The molecule has 0 radical (unpaired) electrons. The van der Waals surface area contributed by atoms with E-state index in [2.05, 4.69) is 43.4 Å². The molecule has 0 amide bonds. The van der Waals surface area contributed by atoms with E-state index in [4.69, 9.17) is 23.2 Å². The van der Waals surface area contributed by atoms with Gasteiger partial charge < -0.3 is 5.32 Å². The number of aryl methyl sites for hydroxylation is 1. The van der Waals surface area contributed by atoms with Gasteiger partial charge in [0.15, 0.2) is 0 Å². The predicted octanol–water partition coefficient (Wildman–Crippen LogP) is 5.59. The minimum atomic E-state index is 0.267. The second-order valence-corrected chi connectivity index (χ2v) is 6.20. The van der Waals surface area contributed by atoms with Gasteiger partial charge in [-0.1, -0.05) is 66.0 Å². The van der Waals surface area contributed by atoms with Crippen LogP contribution in [0.15, 0.2) is 42.5 Å². The summed E-state index contributed by atoms with van der Waals surface area (Å²) in [6.07, 6.45) is 1.97. The fourth-order valence-corrected chi connectivity index (χ4v) is 2.91. The molecular weight excluding hydrogens is 301 g/mol. The van der Waals surface area contributed by atoms with Crippen LogP contribution in [0, 0.1) is 6.92 Å². The maximum absolute atomic E-state index is 6.31. The molecule has 112 valence electrons. The van der Waals surface area contributed by atoms with E-state index >= 15 is 0 Å². The van der Waals surface area contributed by atoms with Gasteiger partial charge in [-0.05, 0) is 49.6 Å². The summed E-state index contributed by atoms with van der Waals surface area (Å²) in [4.78, 5) is 0. The van der Waals surface area contributed by atoms with Crippen LogP contribution in [-0.4, -0.2) is 6.54 Å². The number of nitrogens with one attached hydrogen (secondary N) is 1. The maximum atomic E-state index is 6.31. The number of hydrogen-bond acceptors (Lipinski definition) is 1. The molecule has 1 unspecified atom stereocenters. The Labute approximate surface area is 137 Å². The van der Waals surface area contributed by atoms with Gasteiger partial charge in [0.05, 0.1) is 0 Å². The van der Waals surface area contributed by atoms with Gasteiger partial charge in [-0.3, -0.25) is 0 Å². The fraction of sp³-hybridized carbons (Fsp3) is 0.333. The van der Waals surface area contributed by atoms with Crippen molar-refractivity contribution in [2.45, 2.75) is 32.7 Å². The minimum absolute atomic E-state index is 0.267. The third-order valence-electron chi connectivity index (χ3n) is 3.52. The van der Waals surface area contributed by atoms with E-state index in [-0.39, 0.29) is 6.04 Å². The maximum Gasteiger partial charge on any atom is 0.0453 e. The van der Waals surface area contributed by atoms with Crippen molar-refractivity contribution in [1.82, 2.24) is 5.32 Å². The zero-order valence-corrected chi connectivity index (χ0v) is 14.0. The van der Waals surface area contributed by atoms with Crippen LogP contribution >= 0.6 is 23.2 Å². The standard InChI is InChI=1S/C18H21Cl2N/c1-3-9-21-18(15-6-4-5-13(2)10-15)11-14-7-8-16(19)12-17(14)20/h4-8,10,12,18,21H,3,9,11H2,1-2H3. The molecule has 0 bridgehead atoms. The van der Waals surface area contributed by atoms with E-state index in [1.807, 2.05) is 18.2 Å². The van der Waals surface area contributed by atoms with E-state index in [1.165, 1.54) is 11.1 Å². The summed E-state index contributed by atoms with van der Waals surface area (Å²) < 4.78 is 0. The average Bonchev–Trinajstić information content (AvgIpc) is 2.45. The minimum Gasteiger partial charge on any atom is -0.310 e. The van der Waals surface area contributed by atoms with Crippen LogP contribution in [0.4, 0.5) is 0 Å². The lowest BCUT2D eigenvalue weighted by Gasteiger charge is -2.20. The molecule has 0 aromatic heterocycles. The molecule has 0 fully saturated rings. The molecule has 0 heterocycles. The summed E-state index contributed by atoms with van der Waals surface area (Å²) in [5.41, 5.74) is 3.70. The highest BCUT2D eigenvalue weighted by atomic mass is 35.5. The lowest BCUT2D eigenvalue weighted by molar-refractivity contribution is 0.529. The van der Waals surface area contributed by atoms with Crippen LogP contribution in [0.25, 0.3) is 0 Å². The Balaban J connectivity index is 2.23. The summed E-state index contributed by atoms with van der Waals surface area (Å²) in [6.45, 7) is 5.29. The van der Waals surface area contributed by atoms with Crippen LogP contribution < -0.4 is 5.32 Å². The molecule has 0 aliphatic carbocycles. The summed E-state index contributed by atoms with van der Waals surface area (Å²) in [5.74, 6) is 0. The lowest BCUT2D eigenvalue weighted by Crippen LogP contribution is -2.24. The lowest BCUT2D eigenvalue weighted by atomic mass is 9.97. The normalized spacial score (nSPS) is 12.4. The van der Waals surface area contributed by atoms with Gasteiger partial charge >= 0.3 is 0 Å². The topological polar surface area (TPSA) is 12.0 Å². The molecular formula is C18H21Cl2N. The molecule has 0 saturated carbocycles. The van der Waals surface area contributed by atoms with Gasteiger partial charge in [-0.15, -0.1) is 0 Å². The van der Waals surface area contributed by atoms with E-state index in [0.29, 0.717) is 5.02 Å². The highest BCUT2D eigenvalue weighted by Gasteiger charge is 2.13. The van der Waals surface area contributed by atoms with Crippen LogP contribution in [0.1, 0.15) is 36.1 Å². The molecule has 3 heteroatoms. The van der Waals surface area contributed by atoms with E-state index in [0.717, 1.165) is 30.0 Å². The summed E-state index contributed by atoms with van der Waals surface area (Å²) >= 11 is 12.3. The van der Waals surface area contributed by atoms with Crippen molar-refractivity contribution in [3.05, 3.63) is 69.2 Å². The van der Waals surface area contributed by atoms with Crippen molar-refractivity contribution in [3.8, 4) is 0 Å². The first kappa shape index (κ1) is 16.4. The van der Waals surface area contributed by atoms with Crippen LogP contribution in [0.3, 0.4) is 0 Å². The van der Waals surface area contributed by atoms with Crippen molar-refractivity contribution >= 4 is 23.2 Å². The highest BCUT2D eigenvalue weighted by Crippen LogP contribution is 2.26. The summed E-state index contributed by atoms with van der Waals surface area (Å²) in [5, 5.41) is 5.02. The Morgan fingerprint density at radius 2 is 1.90 bits per heavy atom. The predicted molar refractivity (Wildman–Crippen MR) is 92.4 cm³/mol. The van der Waals surface area contributed by atoms with Gasteiger partial charge in [0.25, 0.3) is 0 Å². The average molecular weight is 322 g/mol. The van der Waals surface area contributed by atoms with Gasteiger partial charge in [0, 0.05) is 16.1 Å². The Morgan fingerprint density at radius 1 is 1.10 bits per heavy atom. The number of rotatable bonds is 6. The van der Waals surface area contributed by atoms with Crippen molar-refractivity contribution in [3.63, 3.8) is 0 Å². The Morgan fingerprint density at radius 3 is 2.57 bits per heavy atom. The molecule has 1 atom stereocenters. The fourth-order valence-electron chi connectivity index (χ4n) is 2.42. The molecule has 2 rings (SSSR count). The van der Waals surface area contributed by atoms with Gasteiger partial charge in [0.2, 0.25) is 0 Å². The molecule has 2 aromatic carbocycles. The summed E-state index contributed by atoms with van der Waals surface area (Å²) in [6, 6.07) is 14.6. The Kier molecular flexibility index (Phi) is 6.10. The van der Waals surface area contributed by atoms with Crippen molar-refractivity contribution in [2.24, 2.45) is 0 Å². The van der Waals surface area contributed by atoms with Crippen LogP contribution in [0.5, 0.6) is 0 Å². The number of benzene rings is 2.